The van der Waals surface area contributed by atoms with Gasteiger partial charge in [-0.3, -0.25) is 27.5 Å². The zero-order chi connectivity index (χ0) is 35.3. The van der Waals surface area contributed by atoms with E-state index in [2.05, 4.69) is 49.7 Å². The van der Waals surface area contributed by atoms with Crippen molar-refractivity contribution < 1.29 is 46.8 Å². The number of fused-ring (bicyclic) bond motifs is 1. The fourth-order valence-corrected chi connectivity index (χ4v) is 8.80. The summed E-state index contributed by atoms with van der Waals surface area (Å²) in [6.45, 7) is -4.61. The number of halogens is 1. The van der Waals surface area contributed by atoms with E-state index in [0.717, 1.165) is 17.4 Å². The Morgan fingerprint density at radius 2 is 1.94 bits per heavy atom. The monoisotopic (exact) mass is 777 g/mol. The first-order valence-corrected chi connectivity index (χ1v) is 20.8. The molecule has 2 saturated heterocycles. The molecule has 0 saturated carbocycles. The maximum atomic E-state index is 16.1. The van der Waals surface area contributed by atoms with Crippen molar-refractivity contribution in [3.63, 3.8) is 0 Å². The van der Waals surface area contributed by atoms with E-state index in [9.17, 15) is 24.1 Å². The third-order valence-electron chi connectivity index (χ3n) is 8.73. The number of ether oxygens (including phenoxy) is 2. The number of alkyl halides is 1. The summed E-state index contributed by atoms with van der Waals surface area (Å²) in [7, 11) is -2.94. The molecule has 7 rings (SSSR count). The van der Waals surface area contributed by atoms with E-state index in [-0.39, 0.29) is 24.3 Å². The Balaban J connectivity index is 1.07. The number of nitrogens with two attached hydrogens (primary N) is 1. The SMILES string of the molecule is NCCn1cnc2c(ncn2[C@@H]2O[C@H](COP(=O)(S)O[C@H]3[C@@H](F)[C@H](n4cc5c6c(ncnc64)NCCC5)O[C@@H]3CO)[C@@H](O)[C@H]2O[PH](=O)S)c1=O. The van der Waals surface area contributed by atoms with Crippen molar-refractivity contribution in [2.45, 2.75) is 68.5 Å². The summed E-state index contributed by atoms with van der Waals surface area (Å²) in [4.78, 5) is 29.9. The number of nitrogens with one attached hydrogen (secondary N) is 1. The van der Waals surface area contributed by atoms with Gasteiger partial charge in [0.15, 0.2) is 29.8 Å². The smallest absolute Gasteiger partial charge is 0.386 e. The molecule has 0 amide bonds. The highest BCUT2D eigenvalue weighted by Crippen LogP contribution is 2.57. The maximum Gasteiger partial charge on any atom is 0.386 e. The van der Waals surface area contributed by atoms with Gasteiger partial charge in [0.25, 0.3) is 5.56 Å². The number of hydrogen-bond donors (Lipinski definition) is 6. The number of aliphatic hydroxyl groups is 2. The lowest BCUT2D eigenvalue weighted by Crippen LogP contribution is -2.35. The van der Waals surface area contributed by atoms with Gasteiger partial charge in [0.1, 0.15) is 54.6 Å². The Morgan fingerprint density at radius 3 is 2.70 bits per heavy atom. The van der Waals surface area contributed by atoms with Crippen LogP contribution >= 0.6 is 38.5 Å². The second kappa shape index (κ2) is 14.5. The third-order valence-corrected chi connectivity index (χ3v) is 11.1. The zero-order valence-electron chi connectivity index (χ0n) is 26.0. The molecule has 5 N–H and O–H groups in total. The summed E-state index contributed by atoms with van der Waals surface area (Å²) in [6.07, 6.45) is -4.36. The second-order valence-corrected chi connectivity index (χ2v) is 16.5. The van der Waals surface area contributed by atoms with Crippen LogP contribution in [-0.4, -0.2) is 107 Å². The van der Waals surface area contributed by atoms with Gasteiger partial charge < -0.3 is 39.8 Å². The molecular weight excluding hydrogens is 743 g/mol. The van der Waals surface area contributed by atoms with Crippen LogP contribution in [0.2, 0.25) is 0 Å². The molecule has 3 aliphatic rings. The standard InChI is InChI=1S/C26H34FN9O10P2S2/c27-16-19(13(7-37)43-25(16)35-6-12-2-1-4-29-21-15(12)22(35)31-9-30-21)46-48(41,50)42-8-14-18(38)20(45-47(40)49)26(44-14)36-11-32-17-23(36)33-10-34(5-3-28)24(17)39/h6,9-11,13-14,16,18-20,25-26,37-38,47H,1-5,7-8,28H2,(H,40,49)(H,41,50)(H,29,30,31)/t13-,14-,16-,18-,19-,20-,25-,26-,48?/m1/s1. The first-order chi connectivity index (χ1) is 24.0. The zero-order valence-corrected chi connectivity index (χ0v) is 29.6. The van der Waals surface area contributed by atoms with Gasteiger partial charge in [0.05, 0.1) is 24.9 Å². The summed E-state index contributed by atoms with van der Waals surface area (Å²) < 4.78 is 74.0. The minimum absolute atomic E-state index is 0.0162. The molecule has 10 atom stereocenters. The average molecular weight is 778 g/mol. The number of rotatable bonds is 12. The van der Waals surface area contributed by atoms with E-state index in [1.54, 1.807) is 6.20 Å². The normalized spacial score (nSPS) is 30.0. The Bertz CT molecular complexity index is 2020. The summed E-state index contributed by atoms with van der Waals surface area (Å²) >= 11 is 7.87. The predicted molar refractivity (Wildman–Crippen MR) is 181 cm³/mol. The van der Waals surface area contributed by atoms with E-state index < -0.39 is 81.9 Å². The number of hydrogen-bond acceptors (Lipinski definition) is 16. The lowest BCUT2D eigenvalue weighted by atomic mass is 10.1. The fraction of sp³-hybridized carbons (Fsp3) is 0.577. The van der Waals surface area contributed by atoms with Crippen molar-refractivity contribution in [2.75, 3.05) is 31.6 Å². The molecule has 2 unspecified atom stereocenters. The van der Waals surface area contributed by atoms with Gasteiger partial charge >= 0.3 is 6.80 Å². The molecule has 0 aliphatic carbocycles. The van der Waals surface area contributed by atoms with Gasteiger partial charge in [-0.25, -0.2) is 28.9 Å². The molecule has 2 fully saturated rings. The lowest BCUT2D eigenvalue weighted by Gasteiger charge is -2.23. The highest BCUT2D eigenvalue weighted by Gasteiger charge is 2.51. The van der Waals surface area contributed by atoms with Crippen molar-refractivity contribution in [3.8, 4) is 0 Å². The van der Waals surface area contributed by atoms with Gasteiger partial charge in [-0.2, -0.15) is 0 Å². The second-order valence-electron chi connectivity index (χ2n) is 11.8. The molecule has 50 heavy (non-hydrogen) atoms. The molecule has 4 aromatic heterocycles. The molecule has 0 aromatic carbocycles. The van der Waals surface area contributed by atoms with Crippen molar-refractivity contribution in [1.82, 2.24) is 33.6 Å². The number of aliphatic hydroxyl groups excluding tert-OH is 2. The Kier molecular flexibility index (Phi) is 10.4. The van der Waals surface area contributed by atoms with Gasteiger partial charge in [0.2, 0.25) is 7.23 Å². The molecule has 4 aromatic rings. The van der Waals surface area contributed by atoms with Crippen LogP contribution in [0.25, 0.3) is 22.2 Å². The van der Waals surface area contributed by atoms with Gasteiger partial charge in [0, 0.05) is 25.8 Å². The molecule has 0 spiro atoms. The van der Waals surface area contributed by atoms with Gasteiger partial charge in [-0.15, -0.1) is 0 Å². The van der Waals surface area contributed by atoms with Crippen molar-refractivity contribution in [1.29, 1.82) is 0 Å². The van der Waals surface area contributed by atoms with Crippen LogP contribution in [0.1, 0.15) is 24.4 Å². The largest absolute Gasteiger partial charge is 0.394 e. The Labute approximate surface area is 293 Å². The Morgan fingerprint density at radius 1 is 1.14 bits per heavy atom. The predicted octanol–water partition coefficient (Wildman–Crippen LogP) is 0.985. The molecule has 3 aliphatic heterocycles. The minimum Gasteiger partial charge on any atom is -0.394 e. The van der Waals surface area contributed by atoms with Crippen molar-refractivity contribution in [3.05, 3.63) is 41.1 Å². The third kappa shape index (κ3) is 6.65. The average Bonchev–Trinajstić information content (AvgIpc) is 3.79. The van der Waals surface area contributed by atoms with Gasteiger partial charge in [-0.1, -0.05) is 24.5 Å². The maximum absolute atomic E-state index is 16.1. The highest BCUT2D eigenvalue weighted by atomic mass is 32.7. The number of aryl methyl sites for hydroxylation is 1. The summed E-state index contributed by atoms with van der Waals surface area (Å²) in [5.41, 5.74) is 6.47. The molecule has 0 bridgehead atoms. The van der Waals surface area contributed by atoms with E-state index >= 15 is 4.39 Å². The molecule has 7 heterocycles. The van der Waals surface area contributed by atoms with Crippen LogP contribution in [-0.2, 0) is 45.1 Å². The van der Waals surface area contributed by atoms with Crippen LogP contribution in [0.15, 0.2) is 30.0 Å². The number of aromatic nitrogens is 7. The quantitative estimate of drug-likeness (QED) is 0.0868. The molecule has 19 nitrogen and oxygen atoms in total. The number of anilines is 1. The van der Waals surface area contributed by atoms with E-state index in [1.165, 1.54) is 32.7 Å². The van der Waals surface area contributed by atoms with Crippen LogP contribution in [0.4, 0.5) is 10.2 Å². The molecule has 272 valence electrons. The molecule has 0 radical (unpaired) electrons. The van der Waals surface area contributed by atoms with Crippen LogP contribution in [0.3, 0.4) is 0 Å². The summed E-state index contributed by atoms with van der Waals surface area (Å²) in [6, 6.07) is 0. The van der Waals surface area contributed by atoms with Crippen molar-refractivity contribution >= 4 is 66.5 Å². The number of nitrogens with zero attached hydrogens (tertiary/aromatic N) is 7. The van der Waals surface area contributed by atoms with Gasteiger partial charge in [-0.05, 0) is 18.4 Å². The minimum atomic E-state index is -4.43. The van der Waals surface area contributed by atoms with Crippen LogP contribution in [0, 0.1) is 0 Å². The first kappa shape index (κ1) is 35.9. The van der Waals surface area contributed by atoms with Crippen molar-refractivity contribution in [2.24, 2.45) is 5.73 Å². The number of imidazole rings is 1. The van der Waals surface area contributed by atoms with E-state index in [0.29, 0.717) is 24.4 Å². The number of thiol groups is 2. The highest BCUT2D eigenvalue weighted by molar-refractivity contribution is 8.44. The molecular formula is C26H34FN9O10P2S2. The van der Waals surface area contributed by atoms with E-state index in [4.69, 9.17) is 28.8 Å². The van der Waals surface area contributed by atoms with Crippen LogP contribution in [0.5, 0.6) is 0 Å². The Hall–Kier alpha value is -2.46. The topological polar surface area (TPSA) is 242 Å². The summed E-state index contributed by atoms with van der Waals surface area (Å²) in [5, 5.41) is 25.1. The van der Waals surface area contributed by atoms with E-state index in [1.807, 2.05) is 0 Å². The summed E-state index contributed by atoms with van der Waals surface area (Å²) in [5.74, 6) is 0.616. The fourth-order valence-electron chi connectivity index (χ4n) is 6.46. The molecule has 24 heteroatoms. The lowest BCUT2D eigenvalue weighted by molar-refractivity contribution is -0.0511. The van der Waals surface area contributed by atoms with Crippen LogP contribution < -0.4 is 16.6 Å². The first-order valence-electron chi connectivity index (χ1n) is 15.5.